The minimum atomic E-state index is -4.55. The van der Waals surface area contributed by atoms with Crippen molar-refractivity contribution in [3.8, 4) is 16.9 Å². The number of hydrogen-bond acceptors (Lipinski definition) is 8. The molecule has 1 amide bonds. The van der Waals surface area contributed by atoms with Crippen LogP contribution in [0.4, 0.5) is 24.9 Å². The fraction of sp³-hybridized carbons (Fsp3) is 0.550. The molecule has 13 heteroatoms. The number of benzene rings is 2. The van der Waals surface area contributed by atoms with Crippen LogP contribution >= 0.6 is 0 Å². The highest BCUT2D eigenvalue weighted by atomic mass is 19.4. The van der Waals surface area contributed by atoms with Crippen molar-refractivity contribution < 1.29 is 22.7 Å². The van der Waals surface area contributed by atoms with E-state index in [-0.39, 0.29) is 23.0 Å². The van der Waals surface area contributed by atoms with Crippen molar-refractivity contribution in [3.05, 3.63) is 48.2 Å². The quantitative estimate of drug-likeness (QED) is 0.198. The number of hydrogen-bond donors (Lipinski definition) is 1. The molecule has 0 radical (unpaired) electrons. The fourth-order valence-electron chi connectivity index (χ4n) is 9.42. The smallest absolute Gasteiger partial charge is 0.422 e. The lowest BCUT2D eigenvalue weighted by atomic mass is 9.72. The molecule has 6 heterocycles. The van der Waals surface area contributed by atoms with Crippen molar-refractivity contribution in [1.82, 2.24) is 30.0 Å². The van der Waals surface area contributed by atoms with Crippen LogP contribution in [0.5, 0.6) is 5.75 Å². The molecule has 0 unspecified atom stereocenters. The first-order valence-electron chi connectivity index (χ1n) is 19.2. The van der Waals surface area contributed by atoms with E-state index in [1.165, 1.54) is 12.5 Å². The van der Waals surface area contributed by atoms with Crippen molar-refractivity contribution in [3.63, 3.8) is 0 Å². The zero-order chi connectivity index (χ0) is 36.6. The number of nitrogens with zero attached hydrogens (tertiary/aromatic N) is 7. The highest BCUT2D eigenvalue weighted by molar-refractivity contribution is 6.06. The highest BCUT2D eigenvalue weighted by Gasteiger charge is 2.47. The van der Waals surface area contributed by atoms with Crippen molar-refractivity contribution in [1.29, 1.82) is 0 Å². The molecule has 1 aliphatic carbocycles. The minimum Gasteiger partial charge on any atom is -0.481 e. The second kappa shape index (κ2) is 12.9. The van der Waals surface area contributed by atoms with Gasteiger partial charge in [0.15, 0.2) is 12.4 Å². The Morgan fingerprint density at radius 1 is 1.02 bits per heavy atom. The number of alkyl halides is 3. The Labute approximate surface area is 307 Å². The molecule has 4 aliphatic heterocycles. The Kier molecular flexibility index (Phi) is 8.36. The van der Waals surface area contributed by atoms with E-state index in [9.17, 15) is 18.0 Å². The maximum Gasteiger partial charge on any atom is 0.422 e. The fourth-order valence-corrected chi connectivity index (χ4v) is 9.42. The summed E-state index contributed by atoms with van der Waals surface area (Å²) < 4.78 is 48.4. The largest absolute Gasteiger partial charge is 0.481 e. The third kappa shape index (κ3) is 6.28. The molecule has 9 rings (SSSR count). The molecular formula is C40H47F3N8O2. The number of carbonyl (C=O) groups excluding carboxylic acids is 1. The zero-order valence-corrected chi connectivity index (χ0v) is 30.5. The van der Waals surface area contributed by atoms with Gasteiger partial charge in [0.05, 0.1) is 11.7 Å². The van der Waals surface area contributed by atoms with Gasteiger partial charge < -0.3 is 19.4 Å². The standard InChI is InChI=1S/C40H47F3N8O2/c1-4-32(52)51-21-39(22-51)11-15-48(16-12-39)37-29-17-28(26-6-7-26)34(33-25(3)5-8-31-30(33)18-44-47-31)36(53-23-40(41,42)43)35(29)45-38(46-37)50-14-10-27(20-50)49-13-9-24(2)19-49/h4-5,8,17-18,24,26-27H,1,6-7,9-16,19-23H2,2-3H3,(H,44,47)/t24-,27-/m0/s1. The van der Waals surface area contributed by atoms with Crippen LogP contribution in [0.15, 0.2) is 37.1 Å². The van der Waals surface area contributed by atoms with Crippen LogP contribution in [0.3, 0.4) is 0 Å². The molecule has 2 atom stereocenters. The number of halogens is 3. The van der Waals surface area contributed by atoms with Gasteiger partial charge in [0.2, 0.25) is 11.9 Å². The Morgan fingerprint density at radius 3 is 2.51 bits per heavy atom. The van der Waals surface area contributed by atoms with Gasteiger partial charge in [-0.1, -0.05) is 19.6 Å². The first-order chi connectivity index (χ1) is 25.5. The van der Waals surface area contributed by atoms with Gasteiger partial charge in [0.25, 0.3) is 0 Å². The zero-order valence-electron chi connectivity index (χ0n) is 30.5. The number of carbonyl (C=O) groups is 1. The number of amides is 1. The maximum absolute atomic E-state index is 14.1. The summed E-state index contributed by atoms with van der Waals surface area (Å²) >= 11 is 0. The number of aromatic nitrogens is 4. The van der Waals surface area contributed by atoms with Crippen molar-refractivity contribution in [2.24, 2.45) is 11.3 Å². The average Bonchev–Trinajstić information content (AvgIpc) is 3.45. The SMILES string of the molecule is C=CC(=O)N1CC2(CCN(c3nc(N4CC[C@H](N5CC[C@H](C)C5)C4)nc4c(OCC(F)(F)F)c(-c5c(C)ccc6[nH]ncc56)c(C5CC5)cc34)CC2)C1. The molecule has 1 saturated carbocycles. The molecule has 1 spiro atoms. The molecule has 2 aromatic heterocycles. The van der Waals surface area contributed by atoms with Gasteiger partial charge in [-0.25, -0.2) is 4.98 Å². The third-order valence-corrected chi connectivity index (χ3v) is 12.5. The lowest BCUT2D eigenvalue weighted by Crippen LogP contribution is -2.61. The van der Waals surface area contributed by atoms with Crippen LogP contribution < -0.4 is 14.5 Å². The number of aryl methyl sites for hydroxylation is 1. The Bertz CT molecular complexity index is 2080. The average molecular weight is 729 g/mol. The Morgan fingerprint density at radius 2 is 1.81 bits per heavy atom. The predicted octanol–water partition coefficient (Wildman–Crippen LogP) is 6.84. The lowest BCUT2D eigenvalue weighted by Gasteiger charge is -2.54. The van der Waals surface area contributed by atoms with Gasteiger partial charge in [-0.3, -0.25) is 14.8 Å². The molecule has 5 fully saturated rings. The summed E-state index contributed by atoms with van der Waals surface area (Å²) in [6.07, 6.45) is 4.43. The van der Waals surface area contributed by atoms with Crippen LogP contribution in [0.25, 0.3) is 32.9 Å². The van der Waals surface area contributed by atoms with E-state index in [4.69, 9.17) is 14.7 Å². The Balaban J connectivity index is 1.20. The second-order valence-electron chi connectivity index (χ2n) is 16.3. The van der Waals surface area contributed by atoms with Crippen LogP contribution in [0.1, 0.15) is 62.5 Å². The van der Waals surface area contributed by atoms with Crippen LogP contribution in [-0.2, 0) is 4.79 Å². The number of anilines is 2. The van der Waals surface area contributed by atoms with E-state index in [0.717, 1.165) is 123 Å². The minimum absolute atomic E-state index is 0.0343. The third-order valence-electron chi connectivity index (χ3n) is 12.5. The van der Waals surface area contributed by atoms with Crippen LogP contribution in [0, 0.1) is 18.3 Å². The summed E-state index contributed by atoms with van der Waals surface area (Å²) in [5.41, 5.74) is 4.69. The lowest BCUT2D eigenvalue weighted by molar-refractivity contribution is -0.153. The summed E-state index contributed by atoms with van der Waals surface area (Å²) in [6, 6.07) is 6.47. The summed E-state index contributed by atoms with van der Waals surface area (Å²) in [4.78, 5) is 31.7. The molecule has 53 heavy (non-hydrogen) atoms. The second-order valence-corrected chi connectivity index (χ2v) is 16.3. The Hall–Kier alpha value is -4.39. The highest BCUT2D eigenvalue weighted by Crippen LogP contribution is 2.53. The van der Waals surface area contributed by atoms with E-state index in [1.807, 2.05) is 24.0 Å². The summed E-state index contributed by atoms with van der Waals surface area (Å²) in [7, 11) is 0. The van der Waals surface area contributed by atoms with E-state index < -0.39 is 12.8 Å². The topological polar surface area (TPSA) is 93.7 Å². The number of likely N-dealkylation sites (tertiary alicyclic amines) is 2. The first kappa shape index (κ1) is 34.4. The molecule has 280 valence electrons. The number of aromatic amines is 1. The van der Waals surface area contributed by atoms with Gasteiger partial charge in [-0.2, -0.15) is 23.3 Å². The van der Waals surface area contributed by atoms with Gasteiger partial charge in [0.1, 0.15) is 11.3 Å². The number of fused-ring (bicyclic) bond motifs is 2. The monoisotopic (exact) mass is 728 g/mol. The van der Waals surface area contributed by atoms with Crippen LogP contribution in [0.2, 0.25) is 0 Å². The molecule has 10 nitrogen and oxygen atoms in total. The first-order valence-corrected chi connectivity index (χ1v) is 19.2. The van der Waals surface area contributed by atoms with E-state index in [2.05, 4.69) is 44.5 Å². The molecular weight excluding hydrogens is 681 g/mol. The van der Waals surface area contributed by atoms with E-state index in [1.54, 1.807) is 6.20 Å². The molecule has 2 aromatic carbocycles. The number of H-pyrrole nitrogens is 1. The van der Waals surface area contributed by atoms with Gasteiger partial charge in [-0.05, 0) is 98.7 Å². The number of piperidine rings is 1. The molecule has 4 aromatic rings. The predicted molar refractivity (Wildman–Crippen MR) is 200 cm³/mol. The van der Waals surface area contributed by atoms with Gasteiger partial charge in [-0.15, -0.1) is 0 Å². The summed E-state index contributed by atoms with van der Waals surface area (Å²) in [5, 5.41) is 8.93. The maximum atomic E-state index is 14.1. The number of rotatable bonds is 8. The van der Waals surface area contributed by atoms with Crippen LogP contribution in [-0.4, -0.2) is 107 Å². The molecule has 5 aliphatic rings. The summed E-state index contributed by atoms with van der Waals surface area (Å²) in [5.74, 6) is 2.27. The number of nitrogens with one attached hydrogen (secondary N) is 1. The van der Waals surface area contributed by atoms with E-state index in [0.29, 0.717) is 29.0 Å². The van der Waals surface area contributed by atoms with Crippen molar-refractivity contribution >= 4 is 39.5 Å². The van der Waals surface area contributed by atoms with Crippen molar-refractivity contribution in [2.45, 2.75) is 70.5 Å². The van der Waals surface area contributed by atoms with E-state index >= 15 is 0 Å². The normalized spacial score (nSPS) is 23.4. The number of ether oxygens (including phenoxy) is 1. The molecule has 1 N–H and O–H groups in total. The van der Waals surface area contributed by atoms with Crippen molar-refractivity contribution in [2.75, 3.05) is 68.8 Å². The van der Waals surface area contributed by atoms with Gasteiger partial charge in [0, 0.05) is 73.6 Å². The van der Waals surface area contributed by atoms with Gasteiger partial charge >= 0.3 is 6.18 Å². The molecule has 4 saturated heterocycles. The molecule has 0 bridgehead atoms. The summed E-state index contributed by atoms with van der Waals surface area (Å²) in [6.45, 7) is 13.1.